The van der Waals surface area contributed by atoms with Crippen LogP contribution >= 0.6 is 22.9 Å². The van der Waals surface area contributed by atoms with Crippen LogP contribution in [0.3, 0.4) is 0 Å². The molecule has 32 heavy (non-hydrogen) atoms. The quantitative estimate of drug-likeness (QED) is 0.374. The number of rotatable bonds is 10. The van der Waals surface area contributed by atoms with Crippen LogP contribution in [0.25, 0.3) is 10.1 Å². The largest absolute Gasteiger partial charge is 0.355 e. The predicted octanol–water partition coefficient (Wildman–Crippen LogP) is 3.30. The fourth-order valence-corrected chi connectivity index (χ4v) is 5.44. The van der Waals surface area contributed by atoms with Gasteiger partial charge < -0.3 is 10.6 Å². The Kier molecular flexibility index (Phi) is 8.19. The van der Waals surface area contributed by atoms with Gasteiger partial charge in [-0.05, 0) is 48.6 Å². The second-order valence-corrected chi connectivity index (χ2v) is 10.1. The summed E-state index contributed by atoms with van der Waals surface area (Å²) in [4.78, 5) is 24.5. The average molecular weight is 498 g/mol. The van der Waals surface area contributed by atoms with E-state index in [2.05, 4.69) is 15.4 Å². The van der Waals surface area contributed by atoms with Crippen molar-refractivity contribution in [2.75, 3.05) is 19.6 Å². The molecule has 7 nitrogen and oxygen atoms in total. The molecule has 0 saturated heterocycles. The first-order valence-electron chi connectivity index (χ1n) is 9.74. The summed E-state index contributed by atoms with van der Waals surface area (Å²) in [6.07, 6.45) is 0.988. The number of benzene rings is 2. The molecule has 3 N–H and O–H groups in total. The number of carbonyl (C=O) groups is 2. The third-order valence-electron chi connectivity index (χ3n) is 4.46. The maximum absolute atomic E-state index is 13.1. The Morgan fingerprint density at radius 1 is 1.00 bits per heavy atom. The Bertz CT molecular complexity index is 1200. The zero-order chi connectivity index (χ0) is 23.1. The van der Waals surface area contributed by atoms with E-state index in [4.69, 9.17) is 11.6 Å². The number of hydrogen-bond acceptors (Lipinski definition) is 5. The van der Waals surface area contributed by atoms with Crippen molar-refractivity contribution in [3.05, 3.63) is 64.2 Å². The van der Waals surface area contributed by atoms with Gasteiger partial charge in [-0.25, -0.2) is 17.5 Å². The summed E-state index contributed by atoms with van der Waals surface area (Å²) in [5, 5.41) is 6.04. The SMILES string of the molecule is O=C(CNC(=O)c1cc2ccccc2s1)NCCCCNS(=O)(=O)c1ccc(F)cc1Cl. The molecule has 2 aromatic carbocycles. The Balaban J connectivity index is 1.33. The molecule has 0 unspecified atom stereocenters. The summed E-state index contributed by atoms with van der Waals surface area (Å²) in [7, 11) is -3.85. The molecule has 0 saturated carbocycles. The summed E-state index contributed by atoms with van der Waals surface area (Å²) >= 11 is 7.15. The molecule has 2 amide bonds. The summed E-state index contributed by atoms with van der Waals surface area (Å²) in [6, 6.07) is 12.5. The molecule has 0 aliphatic rings. The normalized spacial score (nSPS) is 11.4. The fraction of sp³-hybridized carbons (Fsp3) is 0.238. The standard InChI is InChI=1S/C21H21ClFN3O4S2/c22-16-12-15(23)7-8-19(16)32(29,30)26-10-4-3-9-24-20(27)13-25-21(28)18-11-14-5-1-2-6-17(14)31-18/h1-2,5-8,11-12,26H,3-4,9-10,13H2,(H,24,27)(H,25,28). The molecule has 0 bridgehead atoms. The van der Waals surface area contributed by atoms with E-state index >= 15 is 0 Å². The molecule has 0 radical (unpaired) electrons. The zero-order valence-electron chi connectivity index (χ0n) is 16.9. The van der Waals surface area contributed by atoms with Crippen molar-refractivity contribution < 1.29 is 22.4 Å². The van der Waals surface area contributed by atoms with Gasteiger partial charge in [0.25, 0.3) is 5.91 Å². The van der Waals surface area contributed by atoms with Crippen LogP contribution in [0.4, 0.5) is 4.39 Å². The van der Waals surface area contributed by atoms with Gasteiger partial charge >= 0.3 is 0 Å². The van der Waals surface area contributed by atoms with Gasteiger partial charge in [0.2, 0.25) is 15.9 Å². The molecule has 0 aliphatic heterocycles. The topological polar surface area (TPSA) is 104 Å². The summed E-state index contributed by atoms with van der Waals surface area (Å²) in [5.74, 6) is -1.27. The van der Waals surface area contributed by atoms with E-state index in [0.29, 0.717) is 24.3 Å². The molecule has 0 spiro atoms. The van der Waals surface area contributed by atoms with Crippen molar-refractivity contribution in [3.8, 4) is 0 Å². The minimum Gasteiger partial charge on any atom is -0.355 e. The first-order chi connectivity index (χ1) is 15.3. The first-order valence-corrected chi connectivity index (χ1v) is 12.4. The van der Waals surface area contributed by atoms with E-state index in [1.807, 2.05) is 24.3 Å². The molecule has 3 rings (SSSR count). The van der Waals surface area contributed by atoms with Crippen molar-refractivity contribution in [2.45, 2.75) is 17.7 Å². The van der Waals surface area contributed by atoms with Crippen LogP contribution in [0.1, 0.15) is 22.5 Å². The number of hydrogen-bond donors (Lipinski definition) is 3. The number of thiophene rings is 1. The minimum atomic E-state index is -3.85. The van der Waals surface area contributed by atoms with Crippen molar-refractivity contribution >= 4 is 54.9 Å². The van der Waals surface area contributed by atoms with Gasteiger partial charge in [0, 0.05) is 17.8 Å². The third kappa shape index (κ3) is 6.49. The Morgan fingerprint density at radius 2 is 1.75 bits per heavy atom. The number of nitrogens with one attached hydrogen (secondary N) is 3. The summed E-state index contributed by atoms with van der Waals surface area (Å²) in [5.41, 5.74) is 0. The van der Waals surface area contributed by atoms with Crippen LogP contribution in [0.2, 0.25) is 5.02 Å². The number of sulfonamides is 1. The molecule has 170 valence electrons. The highest BCUT2D eigenvalue weighted by Crippen LogP contribution is 2.25. The monoisotopic (exact) mass is 497 g/mol. The molecule has 1 aromatic heterocycles. The van der Waals surface area contributed by atoms with Crippen LogP contribution in [0.15, 0.2) is 53.4 Å². The van der Waals surface area contributed by atoms with Gasteiger partial charge in [-0.1, -0.05) is 29.8 Å². The van der Waals surface area contributed by atoms with Gasteiger partial charge in [0.05, 0.1) is 16.4 Å². The van der Waals surface area contributed by atoms with Crippen molar-refractivity contribution in [1.82, 2.24) is 15.4 Å². The molecule has 0 atom stereocenters. The highest BCUT2D eigenvalue weighted by molar-refractivity contribution is 7.89. The maximum atomic E-state index is 13.1. The molecular weight excluding hydrogens is 477 g/mol. The second-order valence-electron chi connectivity index (χ2n) is 6.86. The Morgan fingerprint density at radius 3 is 2.50 bits per heavy atom. The van der Waals surface area contributed by atoms with E-state index < -0.39 is 15.8 Å². The lowest BCUT2D eigenvalue weighted by Gasteiger charge is -2.09. The van der Waals surface area contributed by atoms with E-state index in [-0.39, 0.29) is 34.8 Å². The summed E-state index contributed by atoms with van der Waals surface area (Å²) < 4.78 is 40.9. The van der Waals surface area contributed by atoms with E-state index in [1.54, 1.807) is 6.07 Å². The van der Waals surface area contributed by atoms with Gasteiger partial charge in [0.1, 0.15) is 10.7 Å². The highest BCUT2D eigenvalue weighted by atomic mass is 35.5. The van der Waals surface area contributed by atoms with Crippen LogP contribution in [-0.2, 0) is 14.8 Å². The van der Waals surface area contributed by atoms with Gasteiger partial charge in [-0.3, -0.25) is 9.59 Å². The Labute approximate surface area is 194 Å². The first kappa shape index (κ1) is 24.1. The van der Waals surface area contributed by atoms with Crippen LogP contribution in [-0.4, -0.2) is 39.9 Å². The summed E-state index contributed by atoms with van der Waals surface area (Å²) in [6.45, 7) is 0.313. The van der Waals surface area contributed by atoms with E-state index in [1.165, 1.54) is 11.3 Å². The molecule has 11 heteroatoms. The molecule has 3 aromatic rings. The number of unbranched alkanes of at least 4 members (excludes halogenated alkanes) is 1. The zero-order valence-corrected chi connectivity index (χ0v) is 19.2. The lowest BCUT2D eigenvalue weighted by molar-refractivity contribution is -0.120. The lowest BCUT2D eigenvalue weighted by atomic mass is 10.2. The molecule has 1 heterocycles. The average Bonchev–Trinajstić information content (AvgIpc) is 3.18. The number of carbonyl (C=O) groups excluding carboxylic acids is 2. The maximum Gasteiger partial charge on any atom is 0.261 e. The van der Waals surface area contributed by atoms with Crippen molar-refractivity contribution in [2.24, 2.45) is 0 Å². The third-order valence-corrected chi connectivity index (χ3v) is 7.52. The van der Waals surface area contributed by atoms with Crippen molar-refractivity contribution in [3.63, 3.8) is 0 Å². The number of halogens is 2. The van der Waals surface area contributed by atoms with Crippen LogP contribution in [0, 0.1) is 5.82 Å². The van der Waals surface area contributed by atoms with Gasteiger partial charge in [0.15, 0.2) is 0 Å². The number of fused-ring (bicyclic) bond motifs is 1. The van der Waals surface area contributed by atoms with Gasteiger partial charge in [-0.15, -0.1) is 11.3 Å². The molecular formula is C21H21ClFN3O4S2. The second kappa shape index (κ2) is 10.9. The van der Waals surface area contributed by atoms with Crippen LogP contribution < -0.4 is 15.4 Å². The predicted molar refractivity (Wildman–Crippen MR) is 123 cm³/mol. The lowest BCUT2D eigenvalue weighted by Crippen LogP contribution is -2.37. The fourth-order valence-electron chi connectivity index (χ4n) is 2.86. The van der Waals surface area contributed by atoms with Crippen molar-refractivity contribution in [1.29, 1.82) is 0 Å². The highest BCUT2D eigenvalue weighted by Gasteiger charge is 2.17. The number of amides is 2. The molecule has 0 fully saturated rings. The molecule has 0 aliphatic carbocycles. The minimum absolute atomic E-state index is 0.134. The Hall–Kier alpha value is -2.53. The van der Waals surface area contributed by atoms with E-state index in [9.17, 15) is 22.4 Å². The smallest absolute Gasteiger partial charge is 0.261 e. The van der Waals surface area contributed by atoms with Crippen LogP contribution in [0.5, 0.6) is 0 Å². The van der Waals surface area contributed by atoms with Gasteiger partial charge in [-0.2, -0.15) is 0 Å². The van der Waals surface area contributed by atoms with E-state index in [0.717, 1.165) is 28.3 Å².